The predicted octanol–water partition coefficient (Wildman–Crippen LogP) is 2.06. The lowest BCUT2D eigenvalue weighted by atomic mass is 10.1. The van der Waals surface area contributed by atoms with Crippen molar-refractivity contribution in [3.8, 4) is 0 Å². The monoisotopic (exact) mass is 342 g/mol. The van der Waals surface area contributed by atoms with Crippen LogP contribution < -0.4 is 10.2 Å². The summed E-state index contributed by atoms with van der Waals surface area (Å²) in [6.45, 7) is 5.62. The SMILES string of the molecule is Cc1cc(CN(C)CC(=O)NCC2CCN(c3ccccc3)C2)no1. The number of amides is 1. The molecule has 6 heteroatoms. The van der Waals surface area contributed by atoms with Crippen molar-refractivity contribution in [2.45, 2.75) is 19.9 Å². The van der Waals surface area contributed by atoms with Crippen molar-refractivity contribution < 1.29 is 9.32 Å². The van der Waals surface area contributed by atoms with Gasteiger partial charge in [0.2, 0.25) is 5.91 Å². The number of carbonyl (C=O) groups is 1. The van der Waals surface area contributed by atoms with Crippen LogP contribution in [0.1, 0.15) is 17.9 Å². The third-order valence-corrected chi connectivity index (χ3v) is 4.52. The van der Waals surface area contributed by atoms with Crippen molar-refractivity contribution in [2.75, 3.05) is 38.1 Å². The summed E-state index contributed by atoms with van der Waals surface area (Å²) in [6.07, 6.45) is 1.11. The fourth-order valence-electron chi connectivity index (χ4n) is 3.26. The summed E-state index contributed by atoms with van der Waals surface area (Å²) < 4.78 is 5.05. The summed E-state index contributed by atoms with van der Waals surface area (Å²) in [5, 5.41) is 7.02. The van der Waals surface area contributed by atoms with Crippen LogP contribution in [0.25, 0.3) is 0 Å². The summed E-state index contributed by atoms with van der Waals surface area (Å²) in [5.74, 6) is 1.35. The number of anilines is 1. The van der Waals surface area contributed by atoms with E-state index in [0.717, 1.165) is 37.5 Å². The van der Waals surface area contributed by atoms with Gasteiger partial charge in [0.15, 0.2) is 0 Å². The molecule has 3 rings (SSSR count). The van der Waals surface area contributed by atoms with Crippen molar-refractivity contribution in [1.29, 1.82) is 0 Å². The lowest BCUT2D eigenvalue weighted by molar-refractivity contribution is -0.122. The highest BCUT2D eigenvalue weighted by molar-refractivity contribution is 5.78. The van der Waals surface area contributed by atoms with Crippen molar-refractivity contribution in [1.82, 2.24) is 15.4 Å². The Morgan fingerprint density at radius 3 is 2.92 bits per heavy atom. The number of rotatable bonds is 7. The molecule has 0 bridgehead atoms. The van der Waals surface area contributed by atoms with Gasteiger partial charge in [0, 0.05) is 37.9 Å². The van der Waals surface area contributed by atoms with E-state index in [-0.39, 0.29) is 5.91 Å². The molecule has 1 aromatic carbocycles. The number of likely N-dealkylation sites (N-methyl/N-ethyl adjacent to an activating group) is 1. The van der Waals surface area contributed by atoms with E-state index in [4.69, 9.17) is 4.52 Å². The zero-order valence-corrected chi connectivity index (χ0v) is 14.9. The Kier molecular flexibility index (Phi) is 5.71. The van der Waals surface area contributed by atoms with Crippen molar-refractivity contribution in [3.05, 3.63) is 47.9 Å². The van der Waals surface area contributed by atoms with Crippen LogP contribution in [0, 0.1) is 12.8 Å². The highest BCUT2D eigenvalue weighted by Gasteiger charge is 2.23. The van der Waals surface area contributed by atoms with Gasteiger partial charge in [-0.3, -0.25) is 9.69 Å². The van der Waals surface area contributed by atoms with Crippen molar-refractivity contribution >= 4 is 11.6 Å². The molecule has 25 heavy (non-hydrogen) atoms. The quantitative estimate of drug-likeness (QED) is 0.834. The molecule has 2 heterocycles. The van der Waals surface area contributed by atoms with Gasteiger partial charge in [-0.25, -0.2) is 0 Å². The number of hydrogen-bond donors (Lipinski definition) is 1. The number of aromatic nitrogens is 1. The standard InChI is InChI=1S/C19H26N4O2/c1-15-10-17(21-25-15)13-22(2)14-19(24)20-11-16-8-9-23(12-16)18-6-4-3-5-7-18/h3-7,10,16H,8-9,11-14H2,1-2H3,(H,20,24). The summed E-state index contributed by atoms with van der Waals surface area (Å²) >= 11 is 0. The van der Waals surface area contributed by atoms with Crippen molar-refractivity contribution in [2.24, 2.45) is 5.92 Å². The molecule has 0 aliphatic carbocycles. The van der Waals surface area contributed by atoms with Crippen LogP contribution in [0.15, 0.2) is 40.9 Å². The van der Waals surface area contributed by atoms with E-state index >= 15 is 0 Å². The first-order valence-electron chi connectivity index (χ1n) is 8.77. The van der Waals surface area contributed by atoms with E-state index in [2.05, 4.69) is 39.6 Å². The molecule has 0 saturated carbocycles. The predicted molar refractivity (Wildman–Crippen MR) is 97.3 cm³/mol. The molecule has 6 nitrogen and oxygen atoms in total. The molecule has 0 radical (unpaired) electrons. The normalized spacial score (nSPS) is 17.2. The fraction of sp³-hybridized carbons (Fsp3) is 0.474. The van der Waals surface area contributed by atoms with Gasteiger partial charge in [-0.1, -0.05) is 23.4 Å². The molecule has 1 saturated heterocycles. The Balaban J connectivity index is 1.38. The van der Waals surface area contributed by atoms with Gasteiger partial charge < -0.3 is 14.7 Å². The Labute approximate surface area is 148 Å². The lowest BCUT2D eigenvalue weighted by Crippen LogP contribution is -2.37. The molecule has 1 aliphatic rings. The number of para-hydroxylation sites is 1. The first kappa shape index (κ1) is 17.5. The molecule has 1 N–H and O–H groups in total. The van der Waals surface area contributed by atoms with Crippen LogP contribution in [-0.4, -0.2) is 49.2 Å². The first-order valence-corrected chi connectivity index (χ1v) is 8.77. The number of nitrogens with zero attached hydrogens (tertiary/aromatic N) is 3. The number of hydrogen-bond acceptors (Lipinski definition) is 5. The van der Waals surface area contributed by atoms with Crippen LogP contribution in [0.3, 0.4) is 0 Å². The Morgan fingerprint density at radius 2 is 2.20 bits per heavy atom. The Bertz CT molecular complexity index is 686. The minimum absolute atomic E-state index is 0.0564. The third kappa shape index (κ3) is 5.06. The van der Waals surface area contributed by atoms with Gasteiger partial charge in [0.1, 0.15) is 5.76 Å². The molecule has 1 fully saturated rings. The van der Waals surface area contributed by atoms with Crippen LogP contribution >= 0.6 is 0 Å². The zero-order valence-electron chi connectivity index (χ0n) is 14.9. The smallest absolute Gasteiger partial charge is 0.234 e. The topological polar surface area (TPSA) is 61.6 Å². The van der Waals surface area contributed by atoms with Gasteiger partial charge in [0.25, 0.3) is 0 Å². The van der Waals surface area contributed by atoms with E-state index in [1.807, 2.05) is 31.0 Å². The summed E-state index contributed by atoms with van der Waals surface area (Å²) in [7, 11) is 1.91. The molecule has 0 spiro atoms. The van der Waals surface area contributed by atoms with Gasteiger partial charge in [-0.2, -0.15) is 0 Å². The van der Waals surface area contributed by atoms with E-state index in [1.54, 1.807) is 0 Å². The van der Waals surface area contributed by atoms with Gasteiger partial charge in [-0.15, -0.1) is 0 Å². The first-order chi connectivity index (χ1) is 12.1. The summed E-state index contributed by atoms with van der Waals surface area (Å²) in [5.41, 5.74) is 2.11. The number of aryl methyl sites for hydroxylation is 1. The molecule has 2 aromatic rings. The molecule has 134 valence electrons. The Morgan fingerprint density at radius 1 is 1.40 bits per heavy atom. The lowest BCUT2D eigenvalue weighted by Gasteiger charge is -2.19. The van der Waals surface area contributed by atoms with Crippen molar-refractivity contribution in [3.63, 3.8) is 0 Å². The van der Waals surface area contributed by atoms with Gasteiger partial charge in [0.05, 0.1) is 12.2 Å². The minimum Gasteiger partial charge on any atom is -0.371 e. The summed E-state index contributed by atoms with van der Waals surface area (Å²) in [4.78, 5) is 16.5. The van der Waals surface area contributed by atoms with Crippen LogP contribution in [0.5, 0.6) is 0 Å². The molecule has 1 atom stereocenters. The maximum absolute atomic E-state index is 12.1. The average Bonchev–Trinajstić information content (AvgIpc) is 3.23. The van der Waals surface area contributed by atoms with E-state index in [0.29, 0.717) is 19.0 Å². The molecular weight excluding hydrogens is 316 g/mol. The maximum Gasteiger partial charge on any atom is 0.234 e. The maximum atomic E-state index is 12.1. The number of carbonyl (C=O) groups excluding carboxylic acids is 1. The largest absolute Gasteiger partial charge is 0.371 e. The van der Waals surface area contributed by atoms with Crippen LogP contribution in [0.4, 0.5) is 5.69 Å². The second kappa shape index (κ2) is 8.16. The second-order valence-corrected chi connectivity index (χ2v) is 6.84. The zero-order chi connectivity index (χ0) is 17.6. The summed E-state index contributed by atoms with van der Waals surface area (Å²) in [6, 6.07) is 12.3. The van der Waals surface area contributed by atoms with Gasteiger partial charge in [-0.05, 0) is 38.4 Å². The second-order valence-electron chi connectivity index (χ2n) is 6.84. The molecule has 1 aromatic heterocycles. The number of benzene rings is 1. The Hall–Kier alpha value is -2.34. The van der Waals surface area contributed by atoms with Crippen LogP contribution in [-0.2, 0) is 11.3 Å². The minimum atomic E-state index is 0.0564. The molecule has 1 amide bonds. The van der Waals surface area contributed by atoms with E-state index in [1.165, 1.54) is 5.69 Å². The highest BCUT2D eigenvalue weighted by atomic mass is 16.5. The van der Waals surface area contributed by atoms with E-state index in [9.17, 15) is 4.79 Å². The van der Waals surface area contributed by atoms with E-state index < -0.39 is 0 Å². The van der Waals surface area contributed by atoms with Crippen LogP contribution in [0.2, 0.25) is 0 Å². The van der Waals surface area contributed by atoms with Gasteiger partial charge >= 0.3 is 0 Å². The molecular formula is C19H26N4O2. The highest BCUT2D eigenvalue weighted by Crippen LogP contribution is 2.22. The number of nitrogens with one attached hydrogen (secondary N) is 1. The molecule has 1 unspecified atom stereocenters. The average molecular weight is 342 g/mol. The fourth-order valence-corrected chi connectivity index (χ4v) is 3.26. The third-order valence-electron chi connectivity index (χ3n) is 4.52. The molecule has 1 aliphatic heterocycles.